The smallest absolute Gasteiger partial charge is 0.362 e. The van der Waals surface area contributed by atoms with E-state index in [-0.39, 0.29) is 11.6 Å². The lowest BCUT2D eigenvalue weighted by Gasteiger charge is -1.98. The first-order valence-electron chi connectivity index (χ1n) is 3.41. The Morgan fingerprint density at radius 1 is 1.67 bits per heavy atom. The van der Waals surface area contributed by atoms with Gasteiger partial charge in [-0.2, -0.15) is 0 Å². The molecular weight excluding hydrogens is 162 g/mol. The molecule has 0 fully saturated rings. The van der Waals surface area contributed by atoms with Crippen LogP contribution in [0.4, 0.5) is 0 Å². The molecule has 1 aromatic rings. The van der Waals surface area contributed by atoms with Crippen LogP contribution in [0.5, 0.6) is 5.88 Å². The molecule has 1 N–H and O–H groups in total. The maximum absolute atomic E-state index is 11.1. The maximum atomic E-state index is 11.1. The normalized spacial score (nSPS) is 9.50. The highest BCUT2D eigenvalue weighted by Gasteiger charge is 2.16. The first-order valence-corrected chi connectivity index (χ1v) is 3.41. The summed E-state index contributed by atoms with van der Waals surface area (Å²) >= 11 is 0. The highest BCUT2D eigenvalue weighted by atomic mass is 16.5. The Labute approximate surface area is 68.9 Å². The second-order valence-electron chi connectivity index (χ2n) is 1.92. The zero-order valence-electron chi connectivity index (χ0n) is 6.83. The second-order valence-corrected chi connectivity index (χ2v) is 1.92. The fraction of sp³-hybridized carbons (Fsp3) is 0.500. The molecule has 0 radical (unpaired) electrons. The summed E-state index contributed by atoms with van der Waals surface area (Å²) in [5.74, 6) is -0.368. The number of aromatic nitrogens is 3. The lowest BCUT2D eigenvalue weighted by atomic mass is 10.5. The van der Waals surface area contributed by atoms with Gasteiger partial charge in [0.1, 0.15) is 0 Å². The van der Waals surface area contributed by atoms with Gasteiger partial charge in [-0.1, -0.05) is 10.3 Å². The maximum Gasteiger partial charge on any atom is 0.362 e. The van der Waals surface area contributed by atoms with Crippen molar-refractivity contribution in [1.29, 1.82) is 0 Å². The summed E-state index contributed by atoms with van der Waals surface area (Å²) in [6, 6.07) is 0. The number of carbonyl (C=O) groups is 1. The Balaban J connectivity index is 2.79. The van der Waals surface area contributed by atoms with E-state index in [0.29, 0.717) is 6.61 Å². The Kier molecular flexibility index (Phi) is 2.62. The minimum absolute atomic E-state index is 0.138. The molecule has 6 nitrogen and oxygen atoms in total. The minimum atomic E-state index is -0.514. The zero-order valence-corrected chi connectivity index (χ0v) is 6.83. The van der Waals surface area contributed by atoms with Crippen molar-refractivity contribution in [2.24, 2.45) is 0 Å². The number of carbonyl (C=O) groups excluding carboxylic acids is 1. The molecule has 0 saturated carbocycles. The van der Waals surface area contributed by atoms with Gasteiger partial charge >= 0.3 is 5.97 Å². The largest absolute Gasteiger partial charge is 0.478 e. The molecule has 0 amide bonds. The first kappa shape index (κ1) is 8.51. The van der Waals surface area contributed by atoms with Gasteiger partial charge in [0.15, 0.2) is 0 Å². The fourth-order valence-electron chi connectivity index (χ4n) is 0.697. The molecule has 0 aliphatic rings. The van der Waals surface area contributed by atoms with Gasteiger partial charge in [-0.25, -0.2) is 9.89 Å². The van der Waals surface area contributed by atoms with E-state index >= 15 is 0 Å². The SMILES string of the molecule is CCOC(=O)c1[nH]nnc1OC. The lowest BCUT2D eigenvalue weighted by molar-refractivity contribution is 0.0515. The molecule has 1 rings (SSSR count). The van der Waals surface area contributed by atoms with Crippen molar-refractivity contribution in [3.63, 3.8) is 0 Å². The molecule has 1 heterocycles. The summed E-state index contributed by atoms with van der Waals surface area (Å²) < 4.78 is 9.45. The van der Waals surface area contributed by atoms with Crippen LogP contribution in [0, 0.1) is 0 Å². The van der Waals surface area contributed by atoms with Gasteiger partial charge < -0.3 is 9.47 Å². The number of ether oxygens (including phenoxy) is 2. The van der Waals surface area contributed by atoms with Crippen LogP contribution in [0.2, 0.25) is 0 Å². The Hall–Kier alpha value is -1.59. The number of rotatable bonds is 3. The van der Waals surface area contributed by atoms with E-state index in [1.165, 1.54) is 7.11 Å². The molecular formula is C6H9N3O3. The molecule has 0 saturated heterocycles. The van der Waals surface area contributed by atoms with Gasteiger partial charge in [-0.05, 0) is 6.92 Å². The third kappa shape index (κ3) is 1.52. The third-order valence-electron chi connectivity index (χ3n) is 1.19. The second kappa shape index (κ2) is 3.70. The predicted octanol–water partition coefficient (Wildman–Crippen LogP) is -0.0100. The van der Waals surface area contributed by atoms with E-state index in [2.05, 4.69) is 15.4 Å². The van der Waals surface area contributed by atoms with Gasteiger partial charge in [-0.15, -0.1) is 0 Å². The number of esters is 1. The predicted molar refractivity (Wildman–Crippen MR) is 38.9 cm³/mol. The Morgan fingerprint density at radius 3 is 3.00 bits per heavy atom. The molecule has 6 heteroatoms. The molecule has 0 atom stereocenters. The zero-order chi connectivity index (χ0) is 8.97. The van der Waals surface area contributed by atoms with Crippen molar-refractivity contribution in [2.75, 3.05) is 13.7 Å². The molecule has 0 bridgehead atoms. The fourth-order valence-corrected chi connectivity index (χ4v) is 0.697. The summed E-state index contributed by atoms with van der Waals surface area (Å²) in [6.45, 7) is 2.02. The quantitative estimate of drug-likeness (QED) is 0.647. The van der Waals surface area contributed by atoms with Crippen molar-refractivity contribution in [3.05, 3.63) is 5.69 Å². The van der Waals surface area contributed by atoms with E-state index in [4.69, 9.17) is 9.47 Å². The van der Waals surface area contributed by atoms with Gasteiger partial charge in [-0.3, -0.25) is 0 Å². The van der Waals surface area contributed by atoms with Gasteiger partial charge in [0.25, 0.3) is 5.88 Å². The van der Waals surface area contributed by atoms with Crippen LogP contribution in [-0.4, -0.2) is 35.1 Å². The van der Waals surface area contributed by atoms with Crippen LogP contribution in [0.3, 0.4) is 0 Å². The Bertz CT molecular complexity index is 271. The molecule has 0 aromatic carbocycles. The van der Waals surface area contributed by atoms with E-state index < -0.39 is 5.97 Å². The van der Waals surface area contributed by atoms with Crippen LogP contribution in [0.25, 0.3) is 0 Å². The number of aromatic amines is 1. The van der Waals surface area contributed by atoms with E-state index in [0.717, 1.165) is 0 Å². The van der Waals surface area contributed by atoms with Crippen LogP contribution in [-0.2, 0) is 4.74 Å². The molecule has 0 aliphatic heterocycles. The summed E-state index contributed by atoms with van der Waals surface area (Å²) in [5, 5.41) is 9.29. The standard InChI is InChI=1S/C6H9N3O3/c1-3-12-6(10)4-5(11-2)8-9-7-4/h3H2,1-2H3,(H,7,8,9). The van der Waals surface area contributed by atoms with Crippen molar-refractivity contribution in [1.82, 2.24) is 15.4 Å². The number of nitrogens with zero attached hydrogens (tertiary/aromatic N) is 2. The number of hydrogen-bond acceptors (Lipinski definition) is 5. The monoisotopic (exact) mass is 171 g/mol. The van der Waals surface area contributed by atoms with Crippen LogP contribution >= 0.6 is 0 Å². The van der Waals surface area contributed by atoms with Crippen molar-refractivity contribution < 1.29 is 14.3 Å². The van der Waals surface area contributed by atoms with E-state index in [1.54, 1.807) is 6.92 Å². The minimum Gasteiger partial charge on any atom is -0.478 e. The van der Waals surface area contributed by atoms with Gasteiger partial charge in [0.05, 0.1) is 13.7 Å². The number of nitrogens with one attached hydrogen (secondary N) is 1. The highest BCUT2D eigenvalue weighted by molar-refractivity contribution is 5.89. The summed E-state index contributed by atoms with van der Waals surface area (Å²) in [5.41, 5.74) is 0.138. The number of H-pyrrole nitrogens is 1. The lowest BCUT2D eigenvalue weighted by Crippen LogP contribution is -2.06. The third-order valence-corrected chi connectivity index (χ3v) is 1.19. The number of hydrogen-bond donors (Lipinski definition) is 1. The van der Waals surface area contributed by atoms with Crippen LogP contribution in [0.15, 0.2) is 0 Å². The van der Waals surface area contributed by atoms with Gasteiger partial charge in [0.2, 0.25) is 5.69 Å². The average Bonchev–Trinajstić information content (AvgIpc) is 2.51. The molecule has 0 spiro atoms. The average molecular weight is 171 g/mol. The number of methoxy groups -OCH3 is 1. The van der Waals surface area contributed by atoms with E-state index in [9.17, 15) is 4.79 Å². The van der Waals surface area contributed by atoms with E-state index in [1.807, 2.05) is 0 Å². The molecule has 0 unspecified atom stereocenters. The van der Waals surface area contributed by atoms with Crippen LogP contribution < -0.4 is 4.74 Å². The van der Waals surface area contributed by atoms with Gasteiger partial charge in [0, 0.05) is 0 Å². The highest BCUT2D eigenvalue weighted by Crippen LogP contribution is 2.10. The summed E-state index contributed by atoms with van der Waals surface area (Å²) in [6.07, 6.45) is 0. The molecule has 12 heavy (non-hydrogen) atoms. The Morgan fingerprint density at radius 2 is 2.42 bits per heavy atom. The first-order chi connectivity index (χ1) is 5.79. The summed E-state index contributed by atoms with van der Waals surface area (Å²) in [4.78, 5) is 11.1. The van der Waals surface area contributed by atoms with Crippen molar-refractivity contribution in [2.45, 2.75) is 6.92 Å². The summed E-state index contributed by atoms with van der Waals surface area (Å²) in [7, 11) is 1.40. The topological polar surface area (TPSA) is 77.1 Å². The molecule has 0 aliphatic carbocycles. The van der Waals surface area contributed by atoms with Crippen molar-refractivity contribution >= 4 is 5.97 Å². The van der Waals surface area contributed by atoms with Crippen LogP contribution in [0.1, 0.15) is 17.4 Å². The van der Waals surface area contributed by atoms with Crippen molar-refractivity contribution in [3.8, 4) is 5.88 Å². The molecule has 66 valence electrons. The molecule has 1 aromatic heterocycles.